The van der Waals surface area contributed by atoms with Gasteiger partial charge in [-0.3, -0.25) is 0 Å². The molecule has 1 saturated heterocycles. The number of benzene rings is 6. The molecule has 0 saturated carbocycles. The van der Waals surface area contributed by atoms with E-state index in [2.05, 4.69) is 22.6 Å². The van der Waals surface area contributed by atoms with Gasteiger partial charge >= 0.3 is 29.0 Å². The van der Waals surface area contributed by atoms with Gasteiger partial charge in [0.05, 0.1) is 18.3 Å². The number of carbonyl (C=O) groups excluding carboxylic acids is 1. The summed E-state index contributed by atoms with van der Waals surface area (Å²) in [7, 11) is -4.92. The minimum Gasteiger partial charge on any atom is -1.00 e. The van der Waals surface area contributed by atoms with Crippen molar-refractivity contribution in [3.63, 3.8) is 0 Å². The number of alkyl halides is 1. The molecule has 1 fully saturated rings. The van der Waals surface area contributed by atoms with Crippen molar-refractivity contribution in [1.82, 2.24) is 0 Å². The maximum atomic E-state index is 14.4. The van der Waals surface area contributed by atoms with E-state index in [1.807, 2.05) is 151 Å². The first-order chi connectivity index (χ1) is 26.6. The summed E-state index contributed by atoms with van der Waals surface area (Å²) in [6, 6.07) is 51.9. The maximum absolute atomic E-state index is 14.4. The van der Waals surface area contributed by atoms with Crippen molar-refractivity contribution in [2.75, 3.05) is 25.3 Å². The second-order valence-corrected chi connectivity index (χ2v) is 18.4. The Labute approximate surface area is 365 Å². The standard InChI is InChI=1S/C21H21O2P.C20H17O3P.C4H8O.CH3I.Mg.2H/c1-21(2,22)19-15-9-10-16-20(19)24(23,17-11-5-3-6-12-17)18-13-7-4-8-14-18;1-23-20(21)18-14-8-9-15-19(18)24(22,16-10-4-2-5-11-16)17-12-6-3-7-13-17;1-2-4-5-3-1;1-2;;;/h3-16,22H,1-2H3;2-15H,1H3;1-4H2;1H3;;;/q;;;;+2;2*-1. The van der Waals surface area contributed by atoms with E-state index in [4.69, 9.17) is 9.47 Å². The van der Waals surface area contributed by atoms with Crippen LogP contribution in [-0.4, -0.2) is 59.4 Å². The average molecular weight is 913 g/mol. The number of halogens is 1. The molecule has 1 heterocycles. The van der Waals surface area contributed by atoms with Gasteiger partial charge in [-0.15, -0.1) is 0 Å². The second-order valence-electron chi connectivity index (χ2n) is 13.0. The van der Waals surface area contributed by atoms with Gasteiger partial charge in [0, 0.05) is 45.0 Å². The van der Waals surface area contributed by atoms with Crippen LogP contribution in [0.5, 0.6) is 0 Å². The molecule has 0 bridgehead atoms. The van der Waals surface area contributed by atoms with Crippen LogP contribution in [0.4, 0.5) is 0 Å². The molecule has 6 aromatic carbocycles. The molecular formula is C46H51IMgO6P2. The van der Waals surface area contributed by atoms with Crippen molar-refractivity contribution in [2.45, 2.75) is 32.3 Å². The number of esters is 1. The first-order valence-electron chi connectivity index (χ1n) is 18.0. The predicted octanol–water partition coefficient (Wildman–Crippen LogP) is 8.36. The van der Waals surface area contributed by atoms with Gasteiger partial charge in [-0.1, -0.05) is 180 Å². The van der Waals surface area contributed by atoms with Crippen LogP contribution in [0.3, 0.4) is 0 Å². The van der Waals surface area contributed by atoms with Crippen molar-refractivity contribution >= 4 is 97.7 Å². The van der Waals surface area contributed by atoms with Gasteiger partial charge in [-0.05, 0) is 49.3 Å². The molecule has 1 N–H and O–H groups in total. The Kier molecular flexibility index (Phi) is 19.5. The van der Waals surface area contributed by atoms with E-state index in [-0.39, 0.29) is 25.9 Å². The van der Waals surface area contributed by atoms with E-state index in [0.29, 0.717) is 32.3 Å². The number of carbonyl (C=O) groups is 1. The fourth-order valence-corrected chi connectivity index (χ4v) is 12.1. The van der Waals surface area contributed by atoms with E-state index in [9.17, 15) is 19.0 Å². The number of aliphatic hydroxyl groups is 1. The largest absolute Gasteiger partial charge is 2.00 e. The average Bonchev–Trinajstić information content (AvgIpc) is 3.86. The fourth-order valence-electron chi connectivity index (χ4n) is 6.21. The smallest absolute Gasteiger partial charge is 1.00 e. The molecule has 290 valence electrons. The number of hydrogen-bond donors (Lipinski definition) is 1. The number of ether oxygens (including phenoxy) is 2. The molecule has 1 aliphatic rings. The summed E-state index contributed by atoms with van der Waals surface area (Å²) < 4.78 is 38.5. The van der Waals surface area contributed by atoms with Crippen molar-refractivity contribution in [1.29, 1.82) is 0 Å². The summed E-state index contributed by atoms with van der Waals surface area (Å²) in [6.45, 7) is 5.46. The van der Waals surface area contributed by atoms with Gasteiger partial charge in [0.1, 0.15) is 0 Å². The van der Waals surface area contributed by atoms with Crippen molar-refractivity contribution in [3.8, 4) is 0 Å². The maximum Gasteiger partial charge on any atom is 2.00 e. The molecule has 0 aromatic heterocycles. The Bertz CT molecular complexity index is 2080. The van der Waals surface area contributed by atoms with Crippen molar-refractivity contribution < 1.29 is 31.4 Å². The Morgan fingerprint density at radius 1 is 0.589 bits per heavy atom. The topological polar surface area (TPSA) is 89.9 Å². The molecule has 0 aliphatic carbocycles. The Hall–Kier alpha value is -3.33. The predicted molar refractivity (Wildman–Crippen MR) is 246 cm³/mol. The van der Waals surface area contributed by atoms with Crippen LogP contribution < -0.4 is 31.8 Å². The second kappa shape index (κ2) is 23.2. The van der Waals surface area contributed by atoms with Crippen LogP contribution in [0.2, 0.25) is 0 Å². The van der Waals surface area contributed by atoms with Crippen LogP contribution in [0.25, 0.3) is 0 Å². The monoisotopic (exact) mass is 912 g/mol. The molecular weight excluding hydrogens is 862 g/mol. The van der Waals surface area contributed by atoms with Crippen LogP contribution >= 0.6 is 36.9 Å². The first-order valence-corrected chi connectivity index (χ1v) is 23.6. The number of rotatable bonds is 8. The third kappa shape index (κ3) is 11.6. The minimum absolute atomic E-state index is 0. The summed E-state index contributed by atoms with van der Waals surface area (Å²) >= 11 is 2.15. The minimum atomic E-state index is -3.18. The third-order valence-electron chi connectivity index (χ3n) is 8.86. The Balaban J connectivity index is 0.000000476. The number of methoxy groups -OCH3 is 1. The SMILES string of the molecule is C1CCOC1.CC(C)(O)c1ccccc1P(=O)(c1ccccc1)c1ccccc1.CI.COC(=O)c1ccccc1P(=O)(c1ccccc1)c1ccccc1.[H-].[H-].[Mg+2]. The summed E-state index contributed by atoms with van der Waals surface area (Å²) in [5.41, 5.74) is -0.0485. The molecule has 7 rings (SSSR count). The molecule has 0 amide bonds. The molecule has 0 unspecified atom stereocenters. The van der Waals surface area contributed by atoms with Gasteiger partial charge < -0.3 is 26.6 Å². The van der Waals surface area contributed by atoms with Gasteiger partial charge in [0.25, 0.3) is 0 Å². The molecule has 0 spiro atoms. The molecule has 6 nitrogen and oxygen atoms in total. The molecule has 10 heteroatoms. The van der Waals surface area contributed by atoms with E-state index >= 15 is 0 Å². The van der Waals surface area contributed by atoms with E-state index in [0.717, 1.165) is 23.8 Å². The number of hydrogen-bond acceptors (Lipinski definition) is 6. The van der Waals surface area contributed by atoms with Crippen molar-refractivity contribution in [2.24, 2.45) is 0 Å². The van der Waals surface area contributed by atoms with E-state index in [1.165, 1.54) is 20.0 Å². The zero-order valence-electron chi connectivity index (χ0n) is 34.5. The molecule has 1 aliphatic heterocycles. The molecule has 56 heavy (non-hydrogen) atoms. The quantitative estimate of drug-likeness (QED) is 0.0544. The summed E-state index contributed by atoms with van der Waals surface area (Å²) in [4.78, 5) is 14.2. The van der Waals surface area contributed by atoms with Crippen LogP contribution in [-0.2, 0) is 24.2 Å². The summed E-state index contributed by atoms with van der Waals surface area (Å²) in [5, 5.41) is 14.7. The summed E-state index contributed by atoms with van der Waals surface area (Å²) in [6.07, 6.45) is 2.56. The molecule has 0 radical (unpaired) electrons. The Morgan fingerprint density at radius 3 is 1.25 bits per heavy atom. The zero-order valence-corrected chi connectivity index (χ0v) is 37.8. The van der Waals surface area contributed by atoms with Crippen molar-refractivity contribution in [3.05, 3.63) is 181 Å². The van der Waals surface area contributed by atoms with E-state index < -0.39 is 25.9 Å². The van der Waals surface area contributed by atoms with Gasteiger partial charge in [-0.25, -0.2) is 4.79 Å². The van der Waals surface area contributed by atoms with Gasteiger partial charge in [-0.2, -0.15) is 0 Å². The fraction of sp³-hybridized carbons (Fsp3) is 0.196. The van der Waals surface area contributed by atoms with E-state index in [1.54, 1.807) is 38.1 Å². The Morgan fingerprint density at radius 2 is 0.911 bits per heavy atom. The van der Waals surface area contributed by atoms with Crippen LogP contribution in [0.1, 0.15) is 45.5 Å². The van der Waals surface area contributed by atoms with Gasteiger partial charge in [0.15, 0.2) is 14.3 Å². The normalized spacial score (nSPS) is 12.2. The van der Waals surface area contributed by atoms with Crippen LogP contribution in [0.15, 0.2) is 170 Å². The van der Waals surface area contributed by atoms with Crippen LogP contribution in [0, 0.1) is 0 Å². The molecule has 6 aromatic rings. The first kappa shape index (κ1) is 47.0. The summed E-state index contributed by atoms with van der Waals surface area (Å²) in [5.74, 6) is -0.488. The van der Waals surface area contributed by atoms with Gasteiger partial charge in [0.2, 0.25) is 0 Å². The molecule has 0 atom stereocenters. The third-order valence-corrected chi connectivity index (χ3v) is 15.1. The zero-order chi connectivity index (χ0) is 39.7.